The molecule has 0 fully saturated rings. The Balaban J connectivity index is 4.68. The maximum Gasteiger partial charge on any atom is 0.308 e. The highest BCUT2D eigenvalue weighted by atomic mass is 16.5. The van der Waals surface area contributed by atoms with Gasteiger partial charge < -0.3 is 24.8 Å². The first-order valence-corrected chi connectivity index (χ1v) is 25.0. The van der Waals surface area contributed by atoms with E-state index in [-0.39, 0.29) is 18.5 Å². The van der Waals surface area contributed by atoms with Gasteiger partial charge in [-0.15, -0.1) is 0 Å². The van der Waals surface area contributed by atoms with E-state index in [1.807, 2.05) is 0 Å². The molecule has 0 aromatic heterocycles. The Morgan fingerprint density at radius 2 is 0.842 bits per heavy atom. The van der Waals surface area contributed by atoms with Crippen LogP contribution < -0.4 is 0 Å². The lowest BCUT2D eigenvalue weighted by Gasteiger charge is -2.27. The van der Waals surface area contributed by atoms with E-state index in [9.17, 15) is 20.1 Å². The first-order chi connectivity index (χ1) is 27.8. The van der Waals surface area contributed by atoms with Gasteiger partial charge >= 0.3 is 5.97 Å². The fraction of sp³-hybridized carbons (Fsp3) is 0.940. The molecule has 340 valence electrons. The second-order valence-corrected chi connectivity index (χ2v) is 17.5. The van der Waals surface area contributed by atoms with Gasteiger partial charge in [-0.1, -0.05) is 163 Å². The van der Waals surface area contributed by atoms with Gasteiger partial charge in [-0.05, 0) is 90.0 Å². The van der Waals surface area contributed by atoms with Gasteiger partial charge in [0, 0.05) is 25.6 Å². The molecule has 4 unspecified atom stereocenters. The molecule has 7 heteroatoms. The third-order valence-corrected chi connectivity index (χ3v) is 11.9. The number of nitrogens with zero attached hydrogens (tertiary/aromatic N) is 1. The summed E-state index contributed by atoms with van der Waals surface area (Å²) in [6, 6.07) is 0. The van der Waals surface area contributed by atoms with E-state index in [0.717, 1.165) is 82.9 Å². The van der Waals surface area contributed by atoms with Crippen molar-refractivity contribution in [3.05, 3.63) is 12.3 Å². The van der Waals surface area contributed by atoms with E-state index in [2.05, 4.69) is 39.2 Å². The Morgan fingerprint density at radius 1 is 0.474 bits per heavy atom. The SMILES string of the molecule is C=C(OCCCCC(O)CN(CCCCCO)CC(O)CCCCOC(=O)C(CCCCCC)CCCCCCCC)C(CCCCCC)CCCCCCCC. The third kappa shape index (κ3) is 36.4. The monoisotopic (exact) mass is 810 g/mol. The number of carbonyl (C=O) groups excluding carboxylic acids is 1. The number of ether oxygens (including phenoxy) is 2. The fourth-order valence-corrected chi connectivity index (χ4v) is 8.06. The molecule has 0 aromatic carbocycles. The Kier molecular flexibility index (Phi) is 42.1. The van der Waals surface area contributed by atoms with Crippen molar-refractivity contribution in [1.82, 2.24) is 4.90 Å². The summed E-state index contributed by atoms with van der Waals surface area (Å²) in [5, 5.41) is 31.2. The number of esters is 1. The number of allylic oxidation sites excluding steroid dienone is 1. The molecule has 0 aliphatic rings. The summed E-state index contributed by atoms with van der Waals surface area (Å²) in [6.07, 6.45) is 35.8. The molecule has 0 bridgehead atoms. The number of carbonyl (C=O) groups is 1. The molecule has 0 aliphatic carbocycles. The molecule has 0 radical (unpaired) electrons. The van der Waals surface area contributed by atoms with Crippen molar-refractivity contribution in [2.75, 3.05) is 39.5 Å². The fourth-order valence-electron chi connectivity index (χ4n) is 8.06. The highest BCUT2D eigenvalue weighted by Crippen LogP contribution is 2.26. The van der Waals surface area contributed by atoms with Crippen LogP contribution in [0, 0.1) is 11.8 Å². The molecular formula is C50H99NO6. The summed E-state index contributed by atoms with van der Waals surface area (Å²) in [5.41, 5.74) is 0. The summed E-state index contributed by atoms with van der Waals surface area (Å²) in [7, 11) is 0. The van der Waals surface area contributed by atoms with E-state index in [0.29, 0.717) is 45.1 Å². The van der Waals surface area contributed by atoms with E-state index >= 15 is 0 Å². The molecule has 0 aromatic rings. The molecule has 0 aliphatic heterocycles. The van der Waals surface area contributed by atoms with Crippen LogP contribution in [0.4, 0.5) is 0 Å². The van der Waals surface area contributed by atoms with Crippen LogP contribution in [0.3, 0.4) is 0 Å². The minimum Gasteiger partial charge on any atom is -0.498 e. The molecule has 3 N–H and O–H groups in total. The lowest BCUT2D eigenvalue weighted by atomic mass is 9.93. The number of aliphatic hydroxyl groups excluding tert-OH is 3. The van der Waals surface area contributed by atoms with Crippen LogP contribution >= 0.6 is 0 Å². The predicted octanol–water partition coefficient (Wildman–Crippen LogP) is 13.3. The van der Waals surface area contributed by atoms with Gasteiger partial charge in [0.25, 0.3) is 0 Å². The zero-order valence-corrected chi connectivity index (χ0v) is 38.6. The zero-order valence-electron chi connectivity index (χ0n) is 38.6. The maximum absolute atomic E-state index is 13.0. The average Bonchev–Trinajstić information content (AvgIpc) is 3.20. The van der Waals surface area contributed by atoms with Crippen LogP contribution in [0.5, 0.6) is 0 Å². The summed E-state index contributed by atoms with van der Waals surface area (Å²) in [4.78, 5) is 15.2. The minimum atomic E-state index is -0.490. The molecule has 0 spiro atoms. The zero-order chi connectivity index (χ0) is 42.0. The van der Waals surface area contributed by atoms with Crippen molar-refractivity contribution in [3.63, 3.8) is 0 Å². The highest BCUT2D eigenvalue weighted by molar-refractivity contribution is 5.72. The lowest BCUT2D eigenvalue weighted by Crippen LogP contribution is -2.38. The van der Waals surface area contributed by atoms with Crippen molar-refractivity contribution in [3.8, 4) is 0 Å². The van der Waals surface area contributed by atoms with E-state index in [1.54, 1.807) is 0 Å². The number of aliphatic hydroxyl groups is 3. The van der Waals surface area contributed by atoms with Crippen molar-refractivity contribution in [2.24, 2.45) is 11.8 Å². The Hall–Kier alpha value is -1.15. The Bertz CT molecular complexity index is 793. The van der Waals surface area contributed by atoms with Gasteiger partial charge in [-0.3, -0.25) is 9.69 Å². The standard InChI is InChI=1S/C50H99NO6/c1-6-10-14-18-20-25-34-46(33-23-16-12-8-3)45(5)56-41-31-27-37-48(53)43-51(39-29-22-30-40-52)44-49(54)38-28-32-42-57-50(55)47(35-24-17-13-9-4)36-26-21-19-15-11-7-2/h46-49,52-54H,5-44H2,1-4H3. The first kappa shape index (κ1) is 55.9. The van der Waals surface area contributed by atoms with Gasteiger partial charge in [0.15, 0.2) is 0 Å². The normalized spacial score (nSPS) is 13.8. The molecule has 4 atom stereocenters. The van der Waals surface area contributed by atoms with Crippen LogP contribution in [-0.4, -0.2) is 77.9 Å². The molecular weight excluding hydrogens is 711 g/mol. The van der Waals surface area contributed by atoms with Gasteiger partial charge in [0.1, 0.15) is 0 Å². The summed E-state index contributed by atoms with van der Waals surface area (Å²) in [5.74, 6) is 1.42. The highest BCUT2D eigenvalue weighted by Gasteiger charge is 2.20. The summed E-state index contributed by atoms with van der Waals surface area (Å²) >= 11 is 0. The summed E-state index contributed by atoms with van der Waals surface area (Å²) in [6.45, 7) is 16.5. The minimum absolute atomic E-state index is 0.0219. The number of unbranched alkanes of at least 4 members (excludes halogenated alkanes) is 20. The second kappa shape index (κ2) is 43.0. The van der Waals surface area contributed by atoms with Gasteiger partial charge in [-0.25, -0.2) is 0 Å². The largest absolute Gasteiger partial charge is 0.498 e. The molecule has 7 nitrogen and oxygen atoms in total. The van der Waals surface area contributed by atoms with Crippen LogP contribution in [0.2, 0.25) is 0 Å². The van der Waals surface area contributed by atoms with Crippen LogP contribution in [0.25, 0.3) is 0 Å². The van der Waals surface area contributed by atoms with Crippen molar-refractivity contribution < 1.29 is 29.6 Å². The first-order valence-electron chi connectivity index (χ1n) is 25.0. The predicted molar refractivity (Wildman–Crippen MR) is 244 cm³/mol. The Morgan fingerprint density at radius 3 is 1.30 bits per heavy atom. The van der Waals surface area contributed by atoms with Crippen LogP contribution in [0.15, 0.2) is 12.3 Å². The van der Waals surface area contributed by atoms with Crippen LogP contribution in [0.1, 0.15) is 240 Å². The topological polar surface area (TPSA) is 99.5 Å². The maximum atomic E-state index is 13.0. The van der Waals surface area contributed by atoms with E-state index in [4.69, 9.17) is 9.47 Å². The third-order valence-electron chi connectivity index (χ3n) is 11.9. The van der Waals surface area contributed by atoms with Gasteiger partial charge in [-0.2, -0.15) is 0 Å². The number of rotatable bonds is 46. The molecule has 0 saturated carbocycles. The molecule has 0 heterocycles. The lowest BCUT2D eigenvalue weighted by molar-refractivity contribution is -0.149. The van der Waals surface area contributed by atoms with Crippen molar-refractivity contribution in [1.29, 1.82) is 0 Å². The van der Waals surface area contributed by atoms with Gasteiger partial charge in [0.05, 0.1) is 37.1 Å². The van der Waals surface area contributed by atoms with Gasteiger partial charge in [0.2, 0.25) is 0 Å². The van der Waals surface area contributed by atoms with Crippen molar-refractivity contribution in [2.45, 2.75) is 252 Å². The van der Waals surface area contributed by atoms with Crippen LogP contribution in [-0.2, 0) is 14.3 Å². The quantitative estimate of drug-likeness (QED) is 0.0320. The molecule has 57 heavy (non-hydrogen) atoms. The average molecular weight is 810 g/mol. The molecule has 0 rings (SSSR count). The van der Waals surface area contributed by atoms with E-state index in [1.165, 1.54) is 128 Å². The molecule has 0 amide bonds. The second-order valence-electron chi connectivity index (χ2n) is 17.5. The number of hydrogen-bond acceptors (Lipinski definition) is 7. The number of hydrogen-bond donors (Lipinski definition) is 3. The Labute approximate surface area is 354 Å². The van der Waals surface area contributed by atoms with Crippen molar-refractivity contribution >= 4 is 5.97 Å². The van der Waals surface area contributed by atoms with E-state index < -0.39 is 12.2 Å². The summed E-state index contributed by atoms with van der Waals surface area (Å²) < 4.78 is 12.0. The smallest absolute Gasteiger partial charge is 0.308 e. The molecule has 0 saturated heterocycles.